The van der Waals surface area contributed by atoms with Crippen molar-refractivity contribution >= 4 is 21.7 Å². The van der Waals surface area contributed by atoms with Crippen LogP contribution in [0.15, 0.2) is 72.8 Å². The standard InChI is InChI=1S/C37H43F2NO15S/c38-20-5-1-18(2-6-20)25(43)14-13-24-29(40(36(24)49)22-9-7-21(39)8-10-22)19-3-11-23(12-4-19)55-56(50,51)17-28-31(45)33(47)35(27(16-42)52-28)54-37-34(48)32(46)30(44)26(15-41)53-37/h1-12,24-35,37,41-48H,13-17H2/t24-,25?,26?,27?,28?,29-,30?,31?,32?,33?,34?,35?,37?/m1/s1. The molecule has 0 aromatic heterocycles. The lowest BCUT2D eigenvalue weighted by atomic mass is 9.78. The molecule has 306 valence electrons. The minimum atomic E-state index is -4.57. The van der Waals surface area contributed by atoms with Gasteiger partial charge in [0.25, 0.3) is 0 Å². The van der Waals surface area contributed by atoms with Crippen LogP contribution in [0.1, 0.15) is 36.1 Å². The van der Waals surface area contributed by atoms with Gasteiger partial charge in [0.05, 0.1) is 31.3 Å². The fourth-order valence-electron chi connectivity index (χ4n) is 7.20. The van der Waals surface area contributed by atoms with E-state index in [0.29, 0.717) is 16.8 Å². The van der Waals surface area contributed by atoms with Crippen molar-refractivity contribution in [3.8, 4) is 5.75 Å². The van der Waals surface area contributed by atoms with E-state index in [1.165, 1.54) is 77.7 Å². The van der Waals surface area contributed by atoms with Crippen LogP contribution >= 0.6 is 0 Å². The normalized spacial score (nSPS) is 32.8. The third kappa shape index (κ3) is 8.89. The van der Waals surface area contributed by atoms with Gasteiger partial charge in [-0.05, 0) is 72.5 Å². The van der Waals surface area contributed by atoms with Gasteiger partial charge in [-0.25, -0.2) is 8.78 Å². The molecule has 3 saturated heterocycles. The summed E-state index contributed by atoms with van der Waals surface area (Å²) in [5, 5.41) is 82.3. The molecule has 3 aromatic rings. The van der Waals surface area contributed by atoms with Gasteiger partial charge in [0.2, 0.25) is 5.91 Å². The number of aliphatic hydroxyl groups excluding tert-OH is 8. The summed E-state index contributed by atoms with van der Waals surface area (Å²) in [6.07, 6.45) is -17.8. The molecular formula is C37H43F2NO15S. The summed E-state index contributed by atoms with van der Waals surface area (Å²) in [7, 11) is -4.57. The molecule has 3 aliphatic rings. The lowest BCUT2D eigenvalue weighted by Gasteiger charge is -2.48. The van der Waals surface area contributed by atoms with Gasteiger partial charge >= 0.3 is 10.1 Å². The Morgan fingerprint density at radius 2 is 1.32 bits per heavy atom. The van der Waals surface area contributed by atoms with Crippen LogP contribution in [0, 0.1) is 17.6 Å². The second-order valence-corrected chi connectivity index (χ2v) is 15.5. The molecule has 0 aliphatic carbocycles. The summed E-state index contributed by atoms with van der Waals surface area (Å²) in [4.78, 5) is 14.9. The third-order valence-corrected chi connectivity index (χ3v) is 11.4. The average molecular weight is 812 g/mol. The smallest absolute Gasteiger partial charge is 0.311 e. The summed E-state index contributed by atoms with van der Waals surface area (Å²) in [6.45, 7) is -1.64. The van der Waals surface area contributed by atoms with E-state index in [1.54, 1.807) is 0 Å². The number of amides is 1. The highest BCUT2D eigenvalue weighted by Crippen LogP contribution is 2.46. The molecule has 6 rings (SSSR count). The van der Waals surface area contributed by atoms with Gasteiger partial charge in [0, 0.05) is 5.69 Å². The first-order valence-corrected chi connectivity index (χ1v) is 19.3. The maximum Gasteiger partial charge on any atom is 0.311 e. The monoisotopic (exact) mass is 811 g/mol. The second kappa shape index (κ2) is 17.4. The van der Waals surface area contributed by atoms with Crippen LogP contribution in [0.2, 0.25) is 0 Å². The molecule has 1 amide bonds. The lowest BCUT2D eigenvalue weighted by Crippen LogP contribution is -2.65. The predicted octanol–water partition coefficient (Wildman–Crippen LogP) is -0.442. The van der Waals surface area contributed by atoms with Crippen molar-refractivity contribution < 1.29 is 81.2 Å². The van der Waals surface area contributed by atoms with Gasteiger partial charge in [-0.1, -0.05) is 24.3 Å². The zero-order valence-electron chi connectivity index (χ0n) is 29.5. The Morgan fingerprint density at radius 3 is 1.93 bits per heavy atom. The fraction of sp³-hybridized carbons (Fsp3) is 0.486. The Morgan fingerprint density at radius 1 is 0.732 bits per heavy atom. The number of benzene rings is 3. The minimum absolute atomic E-state index is 0.163. The zero-order chi connectivity index (χ0) is 40.5. The van der Waals surface area contributed by atoms with Crippen molar-refractivity contribution in [3.63, 3.8) is 0 Å². The van der Waals surface area contributed by atoms with E-state index in [-0.39, 0.29) is 24.5 Å². The Bertz CT molecular complexity index is 1890. The number of carbonyl (C=O) groups excluding carboxylic acids is 1. The maximum atomic E-state index is 13.7. The number of hydrogen-bond donors (Lipinski definition) is 8. The van der Waals surface area contributed by atoms with Gasteiger partial charge in [0.1, 0.15) is 78.1 Å². The van der Waals surface area contributed by atoms with Gasteiger partial charge < -0.3 is 64.1 Å². The molecule has 16 nitrogen and oxygen atoms in total. The van der Waals surface area contributed by atoms with Crippen molar-refractivity contribution in [2.24, 2.45) is 5.92 Å². The molecule has 3 aliphatic heterocycles. The number of anilines is 1. The molecule has 3 heterocycles. The number of β-lactam (4-membered cyclic amide) rings is 1. The molecule has 19 heteroatoms. The summed E-state index contributed by atoms with van der Waals surface area (Å²) >= 11 is 0. The topological polar surface area (TPSA) is 253 Å². The van der Waals surface area contributed by atoms with Gasteiger partial charge in [-0.15, -0.1) is 0 Å². The predicted molar refractivity (Wildman–Crippen MR) is 188 cm³/mol. The SMILES string of the molecule is O=C1[C@H](CCC(O)c2ccc(F)cc2)[C@@H](c2ccc(OS(=O)(=O)CC3OC(CO)C(OC4OC(CO)C(O)C(O)C4O)C(O)C3O)cc2)N1c1ccc(F)cc1. The van der Waals surface area contributed by atoms with Gasteiger partial charge in [-0.3, -0.25) is 4.79 Å². The molecule has 3 fully saturated rings. The molecule has 3 aromatic carbocycles. The number of rotatable bonds is 14. The average Bonchev–Trinajstić information content (AvgIpc) is 3.17. The quantitative estimate of drug-likeness (QED) is 0.0759. The second-order valence-electron chi connectivity index (χ2n) is 13.9. The lowest BCUT2D eigenvalue weighted by molar-refractivity contribution is -0.341. The molecule has 0 spiro atoms. The number of aliphatic hydroxyl groups is 8. The minimum Gasteiger partial charge on any atom is -0.394 e. The van der Waals surface area contributed by atoms with Crippen LogP contribution in [0.4, 0.5) is 14.5 Å². The van der Waals surface area contributed by atoms with Crippen LogP contribution < -0.4 is 9.08 Å². The van der Waals surface area contributed by atoms with Crippen molar-refractivity contribution in [3.05, 3.63) is 95.6 Å². The molecule has 8 N–H and O–H groups in total. The van der Waals surface area contributed by atoms with Crippen LogP contribution in [-0.2, 0) is 29.1 Å². The van der Waals surface area contributed by atoms with E-state index < -0.39 is 120 Å². The van der Waals surface area contributed by atoms with Crippen LogP contribution in [0.25, 0.3) is 0 Å². The van der Waals surface area contributed by atoms with Crippen molar-refractivity contribution in [2.45, 2.75) is 86.2 Å². The van der Waals surface area contributed by atoms with Crippen molar-refractivity contribution in [1.29, 1.82) is 0 Å². The van der Waals surface area contributed by atoms with Crippen molar-refractivity contribution in [1.82, 2.24) is 0 Å². The third-order valence-electron chi connectivity index (χ3n) is 10.2. The first-order chi connectivity index (χ1) is 26.6. The molecular weight excluding hydrogens is 768 g/mol. The number of hydrogen-bond acceptors (Lipinski definition) is 15. The highest BCUT2D eigenvalue weighted by Gasteiger charge is 2.52. The van der Waals surface area contributed by atoms with Crippen molar-refractivity contribution in [2.75, 3.05) is 23.9 Å². The van der Waals surface area contributed by atoms with E-state index in [2.05, 4.69) is 0 Å². The van der Waals surface area contributed by atoms with E-state index in [0.717, 1.165) is 0 Å². The Labute approximate surface area is 319 Å². The van der Waals surface area contributed by atoms with Crippen LogP contribution in [0.5, 0.6) is 5.75 Å². The summed E-state index contributed by atoms with van der Waals surface area (Å²) in [5.41, 5.74) is 1.45. The molecule has 56 heavy (non-hydrogen) atoms. The number of carbonyl (C=O) groups is 1. The Kier molecular flexibility index (Phi) is 13.0. The largest absolute Gasteiger partial charge is 0.394 e. The highest BCUT2D eigenvalue weighted by atomic mass is 32.2. The zero-order valence-corrected chi connectivity index (χ0v) is 30.3. The van der Waals surface area contributed by atoms with E-state index in [4.69, 9.17) is 18.4 Å². The maximum absolute atomic E-state index is 13.7. The highest BCUT2D eigenvalue weighted by molar-refractivity contribution is 7.87. The van der Waals surface area contributed by atoms with Crippen LogP contribution in [-0.4, -0.2) is 135 Å². The Hall–Kier alpha value is -3.70. The van der Waals surface area contributed by atoms with E-state index in [1.807, 2.05) is 0 Å². The summed E-state index contributed by atoms with van der Waals surface area (Å²) in [6, 6.07) is 15.7. The van der Waals surface area contributed by atoms with Crippen LogP contribution in [0.3, 0.4) is 0 Å². The van der Waals surface area contributed by atoms with Gasteiger partial charge in [0.15, 0.2) is 6.29 Å². The van der Waals surface area contributed by atoms with Gasteiger partial charge in [-0.2, -0.15) is 8.42 Å². The first-order valence-electron chi connectivity index (χ1n) is 17.7. The van der Waals surface area contributed by atoms with E-state index >= 15 is 0 Å². The first kappa shape index (κ1) is 41.9. The summed E-state index contributed by atoms with van der Waals surface area (Å²) in [5.74, 6) is -3.06. The fourth-order valence-corrected chi connectivity index (χ4v) is 8.35. The molecule has 0 saturated carbocycles. The summed E-state index contributed by atoms with van der Waals surface area (Å²) < 4.78 is 75.1. The number of ether oxygens (including phenoxy) is 3. The number of nitrogens with zero attached hydrogens (tertiary/aromatic N) is 1. The molecule has 0 bridgehead atoms. The number of halogens is 2. The Balaban J connectivity index is 1.12. The molecule has 11 unspecified atom stereocenters. The van der Waals surface area contributed by atoms with E-state index in [9.17, 15) is 62.8 Å². The molecule has 0 radical (unpaired) electrons. The molecule has 13 atom stereocenters.